The standard InChI is InChI=1S/C24H19ClN4O2S/c25-19-7-3-1-5-16(19)13-27-28-22(30)15-9-11-17(12-10-15)29-14-26-23-21(24(29)31)18-6-2-4-8-20(18)32-23/h1,3,5,7,9-14H,2,4,6,8H2,(H,28,30)/b27-13-. The van der Waals surface area contributed by atoms with Crippen molar-refractivity contribution in [3.05, 3.63) is 91.8 Å². The Kier molecular flexibility index (Phi) is 5.59. The molecule has 1 aliphatic carbocycles. The number of hydrazone groups is 1. The molecule has 1 amide bonds. The number of benzene rings is 2. The maximum absolute atomic E-state index is 13.2. The molecule has 0 bridgehead atoms. The lowest BCUT2D eigenvalue weighted by Crippen LogP contribution is -2.20. The number of thiophene rings is 1. The fraction of sp³-hybridized carbons (Fsp3) is 0.167. The van der Waals surface area contributed by atoms with Crippen molar-refractivity contribution in [1.82, 2.24) is 15.0 Å². The van der Waals surface area contributed by atoms with Gasteiger partial charge in [-0.1, -0.05) is 29.8 Å². The van der Waals surface area contributed by atoms with E-state index in [4.69, 9.17) is 11.6 Å². The second-order valence-corrected chi connectivity index (χ2v) is 9.07. The minimum absolute atomic E-state index is 0.0593. The van der Waals surface area contributed by atoms with E-state index in [9.17, 15) is 9.59 Å². The van der Waals surface area contributed by atoms with Crippen molar-refractivity contribution in [2.45, 2.75) is 25.7 Å². The highest BCUT2D eigenvalue weighted by Crippen LogP contribution is 2.33. The van der Waals surface area contributed by atoms with Crippen LogP contribution in [0.1, 0.15) is 39.2 Å². The molecule has 2 aromatic carbocycles. The second-order valence-electron chi connectivity index (χ2n) is 7.58. The third-order valence-electron chi connectivity index (χ3n) is 5.56. The average Bonchev–Trinajstić information content (AvgIpc) is 3.20. The predicted molar refractivity (Wildman–Crippen MR) is 128 cm³/mol. The molecule has 8 heteroatoms. The van der Waals surface area contributed by atoms with Gasteiger partial charge in [0.15, 0.2) is 0 Å². The minimum atomic E-state index is -0.354. The van der Waals surface area contributed by atoms with E-state index in [1.54, 1.807) is 58.6 Å². The Balaban J connectivity index is 1.37. The van der Waals surface area contributed by atoms with Gasteiger partial charge in [0.2, 0.25) is 0 Å². The topological polar surface area (TPSA) is 76.3 Å². The van der Waals surface area contributed by atoms with Crippen molar-refractivity contribution in [2.24, 2.45) is 5.10 Å². The van der Waals surface area contributed by atoms with E-state index in [1.165, 1.54) is 17.5 Å². The van der Waals surface area contributed by atoms with Gasteiger partial charge < -0.3 is 0 Å². The Morgan fingerprint density at radius 3 is 2.72 bits per heavy atom. The van der Waals surface area contributed by atoms with E-state index in [0.29, 0.717) is 21.8 Å². The molecule has 6 nitrogen and oxygen atoms in total. The van der Waals surface area contributed by atoms with Crippen molar-refractivity contribution in [3.63, 3.8) is 0 Å². The summed E-state index contributed by atoms with van der Waals surface area (Å²) >= 11 is 7.71. The molecule has 160 valence electrons. The molecule has 1 N–H and O–H groups in total. The van der Waals surface area contributed by atoms with Crippen LogP contribution >= 0.6 is 22.9 Å². The van der Waals surface area contributed by atoms with Gasteiger partial charge in [0.1, 0.15) is 11.2 Å². The number of carbonyl (C=O) groups excluding carboxylic acids is 1. The van der Waals surface area contributed by atoms with Gasteiger partial charge in [-0.15, -0.1) is 11.3 Å². The number of hydrogen-bond donors (Lipinski definition) is 1. The van der Waals surface area contributed by atoms with Gasteiger partial charge in [0.05, 0.1) is 17.3 Å². The Morgan fingerprint density at radius 2 is 1.91 bits per heavy atom. The number of nitrogens with one attached hydrogen (secondary N) is 1. The van der Waals surface area contributed by atoms with Crippen LogP contribution in [-0.4, -0.2) is 21.7 Å². The van der Waals surface area contributed by atoms with Gasteiger partial charge in [-0.25, -0.2) is 10.4 Å². The number of rotatable bonds is 4. The van der Waals surface area contributed by atoms with E-state index in [1.807, 2.05) is 12.1 Å². The van der Waals surface area contributed by atoms with Gasteiger partial charge in [-0.05, 0) is 61.6 Å². The molecule has 0 fully saturated rings. The first kappa shape index (κ1) is 20.6. The zero-order valence-corrected chi connectivity index (χ0v) is 18.6. The molecule has 4 aromatic rings. The largest absolute Gasteiger partial charge is 0.271 e. The molecule has 0 aliphatic heterocycles. The third-order valence-corrected chi connectivity index (χ3v) is 7.10. The maximum Gasteiger partial charge on any atom is 0.271 e. The predicted octanol–water partition coefficient (Wildman–Crippen LogP) is 4.74. The van der Waals surface area contributed by atoms with E-state index < -0.39 is 0 Å². The quantitative estimate of drug-likeness (QED) is 0.351. The lowest BCUT2D eigenvalue weighted by molar-refractivity contribution is 0.0955. The van der Waals surface area contributed by atoms with Crippen LogP contribution in [0.5, 0.6) is 0 Å². The van der Waals surface area contributed by atoms with Crippen molar-refractivity contribution in [3.8, 4) is 5.69 Å². The Bertz CT molecular complexity index is 1410. The second kappa shape index (κ2) is 8.68. The fourth-order valence-corrected chi connectivity index (χ4v) is 5.31. The molecule has 5 rings (SSSR count). The molecule has 32 heavy (non-hydrogen) atoms. The molecule has 2 heterocycles. The number of aromatic nitrogens is 2. The molecule has 0 saturated heterocycles. The zero-order valence-electron chi connectivity index (χ0n) is 17.0. The van der Waals surface area contributed by atoms with E-state index in [-0.39, 0.29) is 11.5 Å². The van der Waals surface area contributed by atoms with Crippen molar-refractivity contribution >= 4 is 45.3 Å². The van der Waals surface area contributed by atoms with Gasteiger partial charge >= 0.3 is 0 Å². The SMILES string of the molecule is O=C(N/N=C\c1ccccc1Cl)c1ccc(-n2cnc3sc4c(c3c2=O)CCCC4)cc1. The van der Waals surface area contributed by atoms with Gasteiger partial charge in [-0.3, -0.25) is 14.2 Å². The number of halogens is 1. The van der Waals surface area contributed by atoms with Crippen LogP contribution in [-0.2, 0) is 12.8 Å². The van der Waals surface area contributed by atoms with E-state index >= 15 is 0 Å². The fourth-order valence-electron chi connectivity index (χ4n) is 3.91. The first-order valence-electron chi connectivity index (χ1n) is 10.3. The number of amides is 1. The smallest absolute Gasteiger partial charge is 0.268 e. The number of carbonyl (C=O) groups is 1. The highest BCUT2D eigenvalue weighted by Gasteiger charge is 2.20. The lowest BCUT2D eigenvalue weighted by Gasteiger charge is -2.10. The van der Waals surface area contributed by atoms with Crippen molar-refractivity contribution in [2.75, 3.05) is 0 Å². The molecule has 0 radical (unpaired) electrons. The monoisotopic (exact) mass is 462 g/mol. The van der Waals surface area contributed by atoms with Crippen molar-refractivity contribution in [1.29, 1.82) is 0 Å². The molecule has 0 spiro atoms. The molecule has 2 aromatic heterocycles. The minimum Gasteiger partial charge on any atom is -0.268 e. The summed E-state index contributed by atoms with van der Waals surface area (Å²) in [4.78, 5) is 32.2. The molecule has 0 unspecified atom stereocenters. The summed E-state index contributed by atoms with van der Waals surface area (Å²) < 4.78 is 1.54. The first-order chi connectivity index (χ1) is 15.6. The molecule has 0 atom stereocenters. The highest BCUT2D eigenvalue weighted by molar-refractivity contribution is 7.18. The van der Waals surface area contributed by atoms with Crippen molar-refractivity contribution < 1.29 is 4.79 Å². The van der Waals surface area contributed by atoms with Gasteiger partial charge in [0.25, 0.3) is 11.5 Å². The molecular formula is C24H19ClN4O2S. The number of hydrogen-bond acceptors (Lipinski definition) is 5. The first-order valence-corrected chi connectivity index (χ1v) is 11.5. The van der Waals surface area contributed by atoms with E-state index in [2.05, 4.69) is 15.5 Å². The normalized spacial score (nSPS) is 13.4. The van der Waals surface area contributed by atoms with Crippen LogP contribution < -0.4 is 11.0 Å². The molecular weight excluding hydrogens is 444 g/mol. The highest BCUT2D eigenvalue weighted by atomic mass is 35.5. The Labute approximate surface area is 193 Å². The van der Waals surface area contributed by atoms with Gasteiger partial charge in [-0.2, -0.15) is 5.10 Å². The Hall–Kier alpha value is -3.29. The van der Waals surface area contributed by atoms with E-state index in [0.717, 1.165) is 35.0 Å². The summed E-state index contributed by atoms with van der Waals surface area (Å²) in [5.41, 5.74) is 5.40. The van der Waals surface area contributed by atoms with Crippen LogP contribution in [0.3, 0.4) is 0 Å². The van der Waals surface area contributed by atoms with Gasteiger partial charge in [0, 0.05) is 21.0 Å². The van der Waals surface area contributed by atoms with Crippen LogP contribution in [0.15, 0.2) is 64.8 Å². The zero-order chi connectivity index (χ0) is 22.1. The summed E-state index contributed by atoms with van der Waals surface area (Å²) in [6.07, 6.45) is 7.30. The summed E-state index contributed by atoms with van der Waals surface area (Å²) in [5.74, 6) is -0.354. The average molecular weight is 463 g/mol. The van der Waals surface area contributed by atoms with Crippen LogP contribution in [0.2, 0.25) is 5.02 Å². The van der Waals surface area contributed by atoms with Crippen LogP contribution in [0.4, 0.5) is 0 Å². The number of nitrogens with zero attached hydrogens (tertiary/aromatic N) is 3. The Morgan fingerprint density at radius 1 is 1.12 bits per heavy atom. The number of aryl methyl sites for hydroxylation is 2. The summed E-state index contributed by atoms with van der Waals surface area (Å²) in [6, 6.07) is 14.0. The number of fused-ring (bicyclic) bond motifs is 3. The van der Waals surface area contributed by atoms with Crippen LogP contribution in [0.25, 0.3) is 15.9 Å². The molecule has 1 aliphatic rings. The summed E-state index contributed by atoms with van der Waals surface area (Å²) in [6.45, 7) is 0. The third kappa shape index (κ3) is 3.85. The summed E-state index contributed by atoms with van der Waals surface area (Å²) in [7, 11) is 0. The van der Waals surface area contributed by atoms with Crippen LogP contribution in [0, 0.1) is 0 Å². The lowest BCUT2D eigenvalue weighted by atomic mass is 9.97. The summed E-state index contributed by atoms with van der Waals surface area (Å²) in [5, 5.41) is 5.26. The molecule has 0 saturated carbocycles. The maximum atomic E-state index is 13.2.